The van der Waals surface area contributed by atoms with Crippen LogP contribution in [0.2, 0.25) is 0 Å². The van der Waals surface area contributed by atoms with Gasteiger partial charge in [-0.3, -0.25) is 14.4 Å². The van der Waals surface area contributed by atoms with Crippen LogP contribution >= 0.6 is 0 Å². The predicted molar refractivity (Wildman–Crippen MR) is 51.0 cm³/mol. The fraction of sp³-hybridized carbons (Fsp3) is 0.500. The van der Waals surface area contributed by atoms with Gasteiger partial charge in [0.05, 0.1) is 0 Å². The first kappa shape index (κ1) is 12.2. The maximum absolute atomic E-state index is 11.5. The summed E-state index contributed by atoms with van der Waals surface area (Å²) in [6.07, 6.45) is -0.722. The highest BCUT2D eigenvalue weighted by Gasteiger charge is 2.35. The lowest BCUT2D eigenvalue weighted by molar-refractivity contribution is -0.141. The molecule has 0 radical (unpaired) electrons. The number of hydrogen-bond acceptors (Lipinski definition) is 6. The highest BCUT2D eigenvalue weighted by molar-refractivity contribution is 6.00. The minimum Gasteiger partial charge on any atom is -0.479 e. The summed E-state index contributed by atoms with van der Waals surface area (Å²) < 4.78 is 14.5. The number of ether oxygens (including phenoxy) is 3. The Kier molecular flexibility index (Phi) is 3.65. The molecule has 0 N–H and O–H groups in total. The average Bonchev–Trinajstić information content (AvgIpc) is 2.42. The number of esters is 2. The van der Waals surface area contributed by atoms with Crippen LogP contribution in [0.15, 0.2) is 11.5 Å². The number of Topliss-reactive ketones (excluding diaryl/α,β-unsaturated/α-hetero) is 1. The van der Waals surface area contributed by atoms with Gasteiger partial charge in [-0.2, -0.15) is 0 Å². The van der Waals surface area contributed by atoms with Gasteiger partial charge in [-0.25, -0.2) is 0 Å². The molecule has 0 saturated heterocycles. The van der Waals surface area contributed by atoms with Crippen LogP contribution in [0.1, 0.15) is 20.8 Å². The van der Waals surface area contributed by atoms with Crippen LogP contribution in [0.4, 0.5) is 0 Å². The topological polar surface area (TPSA) is 78.9 Å². The lowest BCUT2D eigenvalue weighted by Crippen LogP contribution is -2.15. The third-order valence-electron chi connectivity index (χ3n) is 1.82. The molecule has 1 unspecified atom stereocenters. The van der Waals surface area contributed by atoms with Crippen molar-refractivity contribution in [1.82, 2.24) is 0 Å². The van der Waals surface area contributed by atoms with Crippen LogP contribution in [-0.2, 0) is 28.6 Å². The number of rotatable bonds is 3. The maximum Gasteiger partial charge on any atom is 0.308 e. The molecule has 1 aliphatic rings. The van der Waals surface area contributed by atoms with Crippen molar-refractivity contribution in [3.63, 3.8) is 0 Å². The maximum atomic E-state index is 11.5. The molecule has 0 aromatic carbocycles. The van der Waals surface area contributed by atoms with Gasteiger partial charge in [-0.15, -0.1) is 0 Å². The molecule has 0 spiro atoms. The molecule has 0 fully saturated rings. The summed E-state index contributed by atoms with van der Waals surface area (Å²) >= 11 is 0. The van der Waals surface area contributed by atoms with E-state index in [4.69, 9.17) is 9.47 Å². The smallest absolute Gasteiger partial charge is 0.308 e. The first-order chi connectivity index (χ1) is 7.41. The Labute approximate surface area is 92.2 Å². The number of carbonyl (C=O) groups excluding carboxylic acids is 3. The Morgan fingerprint density at radius 1 is 1.31 bits per heavy atom. The molecule has 6 nitrogen and oxygen atoms in total. The van der Waals surface area contributed by atoms with Crippen molar-refractivity contribution < 1.29 is 28.6 Å². The Balaban J connectivity index is 2.80. The molecule has 1 rings (SSSR count). The highest BCUT2D eigenvalue weighted by Crippen LogP contribution is 2.23. The molecular formula is C10H12O6. The van der Waals surface area contributed by atoms with Gasteiger partial charge in [-0.05, 0) is 6.92 Å². The van der Waals surface area contributed by atoms with Crippen LogP contribution < -0.4 is 0 Å². The number of hydrogen-bond donors (Lipinski definition) is 0. The van der Waals surface area contributed by atoms with Gasteiger partial charge in [0.1, 0.15) is 0 Å². The zero-order valence-electron chi connectivity index (χ0n) is 9.23. The molecule has 0 bridgehead atoms. The van der Waals surface area contributed by atoms with Crippen molar-refractivity contribution in [2.75, 3.05) is 6.61 Å². The van der Waals surface area contributed by atoms with E-state index in [9.17, 15) is 14.4 Å². The number of carbonyl (C=O) groups is 3. The van der Waals surface area contributed by atoms with Crippen LogP contribution in [-0.4, -0.2) is 30.4 Å². The summed E-state index contributed by atoms with van der Waals surface area (Å²) in [5, 5.41) is 0. The van der Waals surface area contributed by atoms with E-state index in [0.29, 0.717) is 0 Å². The summed E-state index contributed by atoms with van der Waals surface area (Å²) in [5.74, 6) is -1.67. The summed E-state index contributed by atoms with van der Waals surface area (Å²) in [4.78, 5) is 32.9. The Morgan fingerprint density at radius 2 is 1.94 bits per heavy atom. The summed E-state index contributed by atoms with van der Waals surface area (Å²) in [5.41, 5.74) is 0. The molecule has 1 heterocycles. The van der Waals surface area contributed by atoms with Gasteiger partial charge in [0.15, 0.2) is 18.5 Å². The second-order valence-electron chi connectivity index (χ2n) is 3.25. The largest absolute Gasteiger partial charge is 0.479 e. The van der Waals surface area contributed by atoms with Crippen molar-refractivity contribution in [2.24, 2.45) is 0 Å². The van der Waals surface area contributed by atoms with Crippen molar-refractivity contribution >= 4 is 17.7 Å². The molecule has 0 aromatic rings. The first-order valence-electron chi connectivity index (χ1n) is 4.67. The third-order valence-corrected chi connectivity index (χ3v) is 1.82. The SMILES string of the molecule is CC(=O)OCC1=C(OC(C)=O)C(=O)C(C)O1. The lowest BCUT2D eigenvalue weighted by Gasteiger charge is -2.06. The standard InChI is InChI=1S/C10H12O6/c1-5-9(13)10(16-7(3)12)8(15-5)4-14-6(2)11/h5H,4H2,1-3H3. The fourth-order valence-corrected chi connectivity index (χ4v) is 1.16. The minimum atomic E-state index is -0.722. The van der Waals surface area contributed by atoms with Crippen LogP contribution in [0.25, 0.3) is 0 Å². The normalized spacial score (nSPS) is 19.4. The second-order valence-corrected chi connectivity index (χ2v) is 3.25. The van der Waals surface area contributed by atoms with Crippen LogP contribution in [0.5, 0.6) is 0 Å². The predicted octanol–water partition coefficient (Wildman–Crippen LogP) is 0.312. The molecule has 0 saturated carbocycles. The molecule has 6 heteroatoms. The monoisotopic (exact) mass is 228 g/mol. The highest BCUT2D eigenvalue weighted by atomic mass is 16.6. The van der Waals surface area contributed by atoms with E-state index in [2.05, 4.69) is 4.74 Å². The van der Waals surface area contributed by atoms with Gasteiger partial charge in [-0.1, -0.05) is 0 Å². The Morgan fingerprint density at radius 3 is 2.44 bits per heavy atom. The zero-order valence-corrected chi connectivity index (χ0v) is 9.23. The summed E-state index contributed by atoms with van der Waals surface area (Å²) in [7, 11) is 0. The van der Waals surface area contributed by atoms with Crippen molar-refractivity contribution in [1.29, 1.82) is 0 Å². The first-order valence-corrected chi connectivity index (χ1v) is 4.67. The van der Waals surface area contributed by atoms with Crippen molar-refractivity contribution in [3.05, 3.63) is 11.5 Å². The second kappa shape index (κ2) is 4.78. The molecule has 16 heavy (non-hydrogen) atoms. The lowest BCUT2D eigenvalue weighted by atomic mass is 10.2. The quantitative estimate of drug-likeness (QED) is 0.647. The summed E-state index contributed by atoms with van der Waals surface area (Å²) in [6, 6.07) is 0. The Hall–Kier alpha value is -1.85. The van der Waals surface area contributed by atoms with E-state index >= 15 is 0 Å². The molecule has 0 aromatic heterocycles. The van der Waals surface area contributed by atoms with Crippen LogP contribution in [0, 0.1) is 0 Å². The van der Waals surface area contributed by atoms with Crippen LogP contribution in [0.3, 0.4) is 0 Å². The van der Waals surface area contributed by atoms with Crippen molar-refractivity contribution in [2.45, 2.75) is 26.9 Å². The zero-order chi connectivity index (χ0) is 12.3. The van der Waals surface area contributed by atoms with Gasteiger partial charge >= 0.3 is 11.9 Å². The summed E-state index contributed by atoms with van der Waals surface area (Å²) in [6.45, 7) is 3.71. The van der Waals surface area contributed by atoms with Gasteiger partial charge in [0.25, 0.3) is 0 Å². The molecule has 1 aliphatic heterocycles. The van der Waals surface area contributed by atoms with Gasteiger partial charge in [0.2, 0.25) is 11.5 Å². The van der Waals surface area contributed by atoms with E-state index in [1.54, 1.807) is 0 Å². The van der Waals surface area contributed by atoms with Gasteiger partial charge < -0.3 is 14.2 Å². The molecule has 1 atom stereocenters. The Bertz CT molecular complexity index is 368. The van der Waals surface area contributed by atoms with Crippen molar-refractivity contribution in [3.8, 4) is 0 Å². The fourth-order valence-electron chi connectivity index (χ4n) is 1.16. The third kappa shape index (κ3) is 2.82. The van der Waals surface area contributed by atoms with Gasteiger partial charge in [0, 0.05) is 13.8 Å². The average molecular weight is 228 g/mol. The number of ketones is 1. The van der Waals surface area contributed by atoms with E-state index in [1.165, 1.54) is 20.8 Å². The van der Waals surface area contributed by atoms with E-state index in [1.807, 2.05) is 0 Å². The molecule has 0 aliphatic carbocycles. The molecule has 0 amide bonds. The van der Waals surface area contributed by atoms with E-state index < -0.39 is 23.8 Å². The van der Waals surface area contributed by atoms with E-state index in [-0.39, 0.29) is 18.1 Å². The molecular weight excluding hydrogens is 216 g/mol. The minimum absolute atomic E-state index is 0.0721. The van der Waals surface area contributed by atoms with E-state index in [0.717, 1.165) is 0 Å². The molecule has 88 valence electrons.